The third-order valence-corrected chi connectivity index (χ3v) is 9.25. The summed E-state index contributed by atoms with van der Waals surface area (Å²) >= 11 is 7.56. The third kappa shape index (κ3) is 2.89. The van der Waals surface area contributed by atoms with Gasteiger partial charge >= 0.3 is 0 Å². The summed E-state index contributed by atoms with van der Waals surface area (Å²) in [7, 11) is 0. The first-order chi connectivity index (χ1) is 16.8. The molecule has 4 atom stereocenters. The molecule has 0 bridgehead atoms. The predicted octanol–water partition coefficient (Wildman–Crippen LogP) is 0.926. The molecule has 6 rings (SSSR count). The highest BCUT2D eigenvalue weighted by molar-refractivity contribution is 7.17. The zero-order chi connectivity index (χ0) is 24.6. The molecule has 4 heterocycles. The number of nitrogens with one attached hydrogen (secondary N) is 1. The number of carbonyl (C=O) groups excluding carboxylic acids is 4. The molecule has 11 heteroatoms. The van der Waals surface area contributed by atoms with E-state index >= 15 is 0 Å². The summed E-state index contributed by atoms with van der Waals surface area (Å²) in [5, 5.41) is 15.1. The number of hydrogen-bond donors (Lipinski definition) is 3. The minimum atomic E-state index is -1.46. The molecule has 4 aliphatic rings. The quantitative estimate of drug-likeness (QED) is 0.525. The lowest BCUT2D eigenvalue weighted by molar-refractivity contribution is -0.732. The minimum absolute atomic E-state index is 0.176. The number of nitrogens with zero attached hydrogens (tertiary/aromatic N) is 2. The van der Waals surface area contributed by atoms with Gasteiger partial charge in [-0.1, -0.05) is 11.6 Å². The normalized spacial score (nSPS) is 28.6. The van der Waals surface area contributed by atoms with Crippen LogP contribution >= 0.6 is 22.9 Å². The van der Waals surface area contributed by atoms with E-state index < -0.39 is 47.0 Å². The van der Waals surface area contributed by atoms with Crippen LogP contribution in [0, 0.1) is 23.2 Å². The summed E-state index contributed by atoms with van der Waals surface area (Å²) in [4.78, 5) is 55.5. The molecule has 3 aliphatic heterocycles. The second-order valence-corrected chi connectivity index (χ2v) is 11.1. The van der Waals surface area contributed by atoms with Crippen molar-refractivity contribution in [2.75, 3.05) is 10.2 Å². The predicted molar refractivity (Wildman–Crippen MR) is 126 cm³/mol. The number of aryl methyl sites for hydroxylation is 1. The van der Waals surface area contributed by atoms with E-state index in [2.05, 4.69) is 11.4 Å². The minimum Gasteiger partial charge on any atom is -0.369 e. The maximum Gasteiger partial charge on any atom is 0.291 e. The molecule has 1 aliphatic carbocycles. The lowest BCUT2D eigenvalue weighted by Crippen LogP contribution is -2.99. The van der Waals surface area contributed by atoms with Crippen LogP contribution < -0.4 is 21.3 Å². The summed E-state index contributed by atoms with van der Waals surface area (Å²) in [6, 6.07) is 6.42. The SMILES string of the molecule is N#Cc1c(N2C(=O)[C@@H]3[C@H](CC(N)=O)[NH2+][C@@]4(C(=O)Nc5ccc(Cl)cc54)[C@@H]3C2=O)sc2c1CCCC2. The summed E-state index contributed by atoms with van der Waals surface area (Å²) < 4.78 is 0. The Morgan fingerprint density at radius 1 is 1.29 bits per heavy atom. The smallest absolute Gasteiger partial charge is 0.291 e. The van der Waals surface area contributed by atoms with Gasteiger partial charge in [-0.2, -0.15) is 5.26 Å². The molecule has 35 heavy (non-hydrogen) atoms. The summed E-state index contributed by atoms with van der Waals surface area (Å²) in [5.74, 6) is -4.12. The monoisotopic (exact) mass is 510 g/mol. The average Bonchev–Trinajstić information content (AvgIpc) is 3.50. The van der Waals surface area contributed by atoms with Crippen molar-refractivity contribution in [3.63, 3.8) is 0 Å². The highest BCUT2D eigenvalue weighted by atomic mass is 35.5. The topological polar surface area (TPSA) is 150 Å². The number of carbonyl (C=O) groups is 4. The number of primary amides is 1. The fourth-order valence-corrected chi connectivity index (χ4v) is 7.90. The number of nitrogens with two attached hydrogens (primary N) is 2. The second kappa shape index (κ2) is 7.62. The molecule has 2 saturated heterocycles. The van der Waals surface area contributed by atoms with Gasteiger partial charge in [0.2, 0.25) is 23.3 Å². The molecule has 5 N–H and O–H groups in total. The van der Waals surface area contributed by atoms with Crippen molar-refractivity contribution in [3.05, 3.63) is 44.8 Å². The van der Waals surface area contributed by atoms with Gasteiger partial charge in [0.15, 0.2) is 0 Å². The zero-order valence-corrected chi connectivity index (χ0v) is 20.0. The first-order valence-electron chi connectivity index (χ1n) is 11.5. The van der Waals surface area contributed by atoms with Crippen LogP contribution in [-0.2, 0) is 37.6 Å². The van der Waals surface area contributed by atoms with E-state index in [1.54, 1.807) is 23.5 Å². The van der Waals surface area contributed by atoms with Crippen molar-refractivity contribution < 1.29 is 24.5 Å². The molecule has 178 valence electrons. The molecule has 0 radical (unpaired) electrons. The number of thiophene rings is 1. The zero-order valence-electron chi connectivity index (χ0n) is 18.5. The van der Waals surface area contributed by atoms with Crippen LogP contribution in [0.2, 0.25) is 5.02 Å². The Balaban J connectivity index is 1.53. The van der Waals surface area contributed by atoms with Crippen LogP contribution in [-0.4, -0.2) is 29.7 Å². The van der Waals surface area contributed by atoms with E-state index in [-0.39, 0.29) is 6.42 Å². The number of halogens is 1. The Kier molecular flexibility index (Phi) is 4.84. The van der Waals surface area contributed by atoms with Gasteiger partial charge in [0.25, 0.3) is 5.91 Å². The van der Waals surface area contributed by atoms with Crippen LogP contribution in [0.15, 0.2) is 18.2 Å². The first kappa shape index (κ1) is 22.2. The number of imide groups is 1. The van der Waals surface area contributed by atoms with Crippen molar-refractivity contribution >= 4 is 57.3 Å². The van der Waals surface area contributed by atoms with Crippen molar-refractivity contribution in [1.82, 2.24) is 0 Å². The van der Waals surface area contributed by atoms with Crippen LogP contribution in [0.3, 0.4) is 0 Å². The maximum absolute atomic E-state index is 14.1. The highest BCUT2D eigenvalue weighted by Crippen LogP contribution is 2.52. The van der Waals surface area contributed by atoms with Gasteiger partial charge in [-0.3, -0.25) is 19.2 Å². The Labute approximate surface area is 209 Å². The van der Waals surface area contributed by atoms with Gasteiger partial charge in [-0.15, -0.1) is 11.3 Å². The van der Waals surface area contributed by atoms with E-state index in [4.69, 9.17) is 17.3 Å². The molecule has 2 fully saturated rings. The third-order valence-electron chi connectivity index (χ3n) is 7.74. The standard InChI is InChI=1S/C24H20ClN5O4S/c25-10-5-6-14-13(7-10)24(23(34)28-14)19-18(15(29-24)8-17(27)31)20(32)30(21(19)33)22-12(9-26)11-3-1-2-4-16(11)35-22/h5-7,15,18-19,29H,1-4,8H2,(H2,27,31)(H,28,34)/p+1/t15-,18+,19-,24+/m0/s1. The molecule has 0 unspecified atom stereocenters. The Morgan fingerprint density at radius 2 is 2.06 bits per heavy atom. The van der Waals surface area contributed by atoms with Crippen molar-refractivity contribution in [3.8, 4) is 6.07 Å². The largest absolute Gasteiger partial charge is 0.369 e. The van der Waals surface area contributed by atoms with Crippen molar-refractivity contribution in [2.24, 2.45) is 17.6 Å². The van der Waals surface area contributed by atoms with E-state index in [9.17, 15) is 24.4 Å². The van der Waals surface area contributed by atoms with E-state index in [1.165, 1.54) is 11.3 Å². The number of amides is 4. The molecule has 2 aromatic rings. The van der Waals surface area contributed by atoms with Crippen molar-refractivity contribution in [1.29, 1.82) is 5.26 Å². The van der Waals surface area contributed by atoms with Crippen LogP contribution in [0.25, 0.3) is 0 Å². The fourth-order valence-electron chi connectivity index (χ4n) is 6.38. The molecule has 0 saturated carbocycles. The van der Waals surface area contributed by atoms with E-state index in [1.807, 2.05) is 0 Å². The van der Waals surface area contributed by atoms with Gasteiger partial charge in [-0.05, 0) is 49.4 Å². The average molecular weight is 511 g/mol. The lowest BCUT2D eigenvalue weighted by atomic mass is 9.76. The summed E-state index contributed by atoms with van der Waals surface area (Å²) in [6.07, 6.45) is 3.29. The first-order valence-corrected chi connectivity index (χ1v) is 12.7. The number of anilines is 2. The van der Waals surface area contributed by atoms with E-state index in [0.717, 1.165) is 41.0 Å². The van der Waals surface area contributed by atoms with Gasteiger partial charge in [0.1, 0.15) is 28.9 Å². The van der Waals surface area contributed by atoms with Crippen LogP contribution in [0.1, 0.15) is 40.8 Å². The summed E-state index contributed by atoms with van der Waals surface area (Å²) in [5.41, 5.74) is 6.32. The van der Waals surface area contributed by atoms with Gasteiger partial charge in [0.05, 0.1) is 17.7 Å². The molecule has 1 aromatic heterocycles. The van der Waals surface area contributed by atoms with Crippen LogP contribution in [0.4, 0.5) is 10.7 Å². The molecular weight excluding hydrogens is 490 g/mol. The fraction of sp³-hybridized carbons (Fsp3) is 0.375. The lowest BCUT2D eigenvalue weighted by Gasteiger charge is -2.26. The van der Waals surface area contributed by atoms with Crippen molar-refractivity contribution in [2.45, 2.75) is 43.7 Å². The van der Waals surface area contributed by atoms with Gasteiger partial charge < -0.3 is 16.4 Å². The Morgan fingerprint density at radius 3 is 2.80 bits per heavy atom. The number of fused-ring (bicyclic) bond motifs is 5. The van der Waals surface area contributed by atoms with E-state index in [0.29, 0.717) is 26.8 Å². The second-order valence-electron chi connectivity index (χ2n) is 9.53. The molecule has 1 spiro atoms. The molecular formula is C24H21ClN5O4S+. The van der Waals surface area contributed by atoms with Gasteiger partial charge in [-0.25, -0.2) is 4.90 Å². The number of quaternary nitrogens is 1. The molecule has 1 aromatic carbocycles. The Hall–Kier alpha value is -3.26. The number of nitriles is 1. The van der Waals surface area contributed by atoms with Crippen LogP contribution in [0.5, 0.6) is 0 Å². The number of rotatable bonds is 3. The molecule has 9 nitrogen and oxygen atoms in total. The molecule has 4 amide bonds. The Bertz CT molecular complexity index is 1400. The summed E-state index contributed by atoms with van der Waals surface area (Å²) in [6.45, 7) is 0. The maximum atomic E-state index is 14.1. The number of hydrogen-bond acceptors (Lipinski definition) is 6. The number of benzene rings is 1. The highest BCUT2D eigenvalue weighted by Gasteiger charge is 2.74. The van der Waals surface area contributed by atoms with Gasteiger partial charge in [0, 0.05) is 15.5 Å².